The number of carbonyl (C=O) groups excluding carboxylic acids is 1. The lowest BCUT2D eigenvalue weighted by molar-refractivity contribution is 0.0118. The molecule has 0 radical (unpaired) electrons. The summed E-state index contributed by atoms with van der Waals surface area (Å²) in [4.78, 5) is 14.1. The number of halogens is 1. The van der Waals surface area contributed by atoms with E-state index < -0.39 is 11.7 Å². The minimum absolute atomic E-state index is 0.0238. The number of rotatable bonds is 4. The van der Waals surface area contributed by atoms with Crippen LogP contribution < -0.4 is 4.74 Å². The Kier molecular flexibility index (Phi) is 6.39. The van der Waals surface area contributed by atoms with Crippen molar-refractivity contribution in [2.45, 2.75) is 77.9 Å². The highest BCUT2D eigenvalue weighted by Gasteiger charge is 2.38. The molecule has 3 aromatic carbocycles. The molecule has 1 atom stereocenters. The maximum atomic E-state index is 14.1. The molecule has 1 N–H and O–H groups in total. The van der Waals surface area contributed by atoms with Crippen LogP contribution in [0.15, 0.2) is 54.6 Å². The van der Waals surface area contributed by atoms with E-state index in [-0.39, 0.29) is 22.9 Å². The lowest BCUT2D eigenvalue weighted by Gasteiger charge is -2.38. The normalized spacial score (nSPS) is 17.1. The van der Waals surface area contributed by atoms with Gasteiger partial charge in [0.2, 0.25) is 0 Å². The fourth-order valence-electron chi connectivity index (χ4n) is 4.90. The summed E-state index contributed by atoms with van der Waals surface area (Å²) < 4.78 is 20.2. The van der Waals surface area contributed by atoms with Gasteiger partial charge in [0.05, 0.1) is 6.10 Å². The summed E-state index contributed by atoms with van der Waals surface area (Å²) in [6.07, 6.45) is -0.423. The Morgan fingerprint density at radius 2 is 1.66 bits per heavy atom. The van der Waals surface area contributed by atoms with Gasteiger partial charge in [-0.25, -0.2) is 4.39 Å². The Morgan fingerprint density at radius 3 is 2.20 bits per heavy atom. The predicted octanol–water partition coefficient (Wildman–Crippen LogP) is 7.74. The summed E-state index contributed by atoms with van der Waals surface area (Å²) in [5.74, 6) is 0.133. The van der Waals surface area contributed by atoms with Gasteiger partial charge < -0.3 is 9.84 Å². The highest BCUT2D eigenvalue weighted by atomic mass is 19.1. The second-order valence-electron chi connectivity index (χ2n) is 11.5. The number of aliphatic hydroxyl groups is 1. The van der Waals surface area contributed by atoms with Crippen LogP contribution in [0.5, 0.6) is 5.75 Å². The summed E-state index contributed by atoms with van der Waals surface area (Å²) in [6.45, 7) is 14.4. The van der Waals surface area contributed by atoms with E-state index in [1.807, 2.05) is 58.0 Å². The Morgan fingerprint density at radius 1 is 1.06 bits per heavy atom. The van der Waals surface area contributed by atoms with Crippen LogP contribution in [0.2, 0.25) is 0 Å². The molecule has 0 amide bonds. The van der Waals surface area contributed by atoms with Gasteiger partial charge in [-0.3, -0.25) is 4.79 Å². The van der Waals surface area contributed by atoms with Crippen molar-refractivity contribution in [3.05, 3.63) is 88.2 Å². The number of hydrogen-bond acceptors (Lipinski definition) is 3. The van der Waals surface area contributed by atoms with Crippen molar-refractivity contribution in [2.24, 2.45) is 0 Å². The van der Waals surface area contributed by atoms with E-state index in [9.17, 15) is 14.3 Å². The number of ketones is 1. The molecule has 0 fully saturated rings. The van der Waals surface area contributed by atoms with E-state index in [1.54, 1.807) is 12.1 Å². The zero-order valence-corrected chi connectivity index (χ0v) is 21.7. The highest BCUT2D eigenvalue weighted by molar-refractivity contribution is 6.14. The van der Waals surface area contributed by atoms with Crippen LogP contribution in [0.4, 0.5) is 4.39 Å². The van der Waals surface area contributed by atoms with Crippen LogP contribution in [0.25, 0.3) is 11.1 Å². The van der Waals surface area contributed by atoms with E-state index in [0.29, 0.717) is 40.0 Å². The summed E-state index contributed by atoms with van der Waals surface area (Å²) in [6, 6.07) is 15.8. The summed E-state index contributed by atoms with van der Waals surface area (Å²) in [5.41, 5.74) is 4.44. The molecule has 1 aliphatic rings. The molecule has 0 spiro atoms. The van der Waals surface area contributed by atoms with Gasteiger partial charge in [0.1, 0.15) is 17.2 Å². The Balaban J connectivity index is 2.01. The molecule has 3 nitrogen and oxygen atoms in total. The number of aliphatic hydroxyl groups excluding tert-OH is 1. The predicted molar refractivity (Wildman–Crippen MR) is 139 cm³/mol. The third kappa shape index (κ3) is 4.90. The van der Waals surface area contributed by atoms with Gasteiger partial charge in [-0.2, -0.15) is 0 Å². The Hall–Kier alpha value is -2.98. The molecule has 3 aromatic rings. The second kappa shape index (κ2) is 8.91. The van der Waals surface area contributed by atoms with Crippen molar-refractivity contribution in [1.29, 1.82) is 0 Å². The number of ether oxygens (including phenoxy) is 1. The van der Waals surface area contributed by atoms with Gasteiger partial charge in [0.25, 0.3) is 0 Å². The maximum absolute atomic E-state index is 14.1. The van der Waals surface area contributed by atoms with E-state index in [1.165, 1.54) is 12.1 Å². The maximum Gasteiger partial charge on any atom is 0.193 e. The molecule has 0 unspecified atom stereocenters. The van der Waals surface area contributed by atoms with Crippen molar-refractivity contribution in [1.82, 2.24) is 0 Å². The molecular weight excluding hydrogens is 439 g/mol. The summed E-state index contributed by atoms with van der Waals surface area (Å²) in [7, 11) is 0. The van der Waals surface area contributed by atoms with E-state index >= 15 is 0 Å². The van der Waals surface area contributed by atoms with Crippen LogP contribution >= 0.6 is 0 Å². The van der Waals surface area contributed by atoms with E-state index in [4.69, 9.17) is 4.74 Å². The number of hydrogen-bond donors (Lipinski definition) is 1. The van der Waals surface area contributed by atoms with Crippen LogP contribution in [-0.4, -0.2) is 16.5 Å². The molecule has 1 heterocycles. The van der Waals surface area contributed by atoms with Gasteiger partial charge in [-0.15, -0.1) is 0 Å². The number of carbonyl (C=O) groups is 1. The van der Waals surface area contributed by atoms with Crippen molar-refractivity contribution in [3.63, 3.8) is 0 Å². The molecule has 0 saturated carbocycles. The van der Waals surface area contributed by atoms with Crippen LogP contribution in [0.1, 0.15) is 99.5 Å². The van der Waals surface area contributed by atoms with Crippen molar-refractivity contribution < 1.29 is 19.0 Å². The first-order valence-corrected chi connectivity index (χ1v) is 12.3. The quantitative estimate of drug-likeness (QED) is 0.393. The highest BCUT2D eigenvalue weighted by Crippen LogP contribution is 2.48. The lowest BCUT2D eigenvalue weighted by atomic mass is 9.78. The average Bonchev–Trinajstić information content (AvgIpc) is 2.76. The minimum Gasteiger partial charge on any atom is -0.487 e. The number of benzene rings is 3. The molecule has 0 aliphatic carbocycles. The molecule has 0 saturated heterocycles. The molecule has 1 aliphatic heterocycles. The van der Waals surface area contributed by atoms with Gasteiger partial charge in [0, 0.05) is 28.7 Å². The van der Waals surface area contributed by atoms with Crippen LogP contribution in [-0.2, 0) is 5.41 Å². The molecule has 184 valence electrons. The average molecular weight is 475 g/mol. The monoisotopic (exact) mass is 474 g/mol. The minimum atomic E-state index is -0.815. The molecule has 0 bridgehead atoms. The van der Waals surface area contributed by atoms with Gasteiger partial charge in [-0.05, 0) is 60.1 Å². The zero-order chi connectivity index (χ0) is 25.7. The van der Waals surface area contributed by atoms with Crippen LogP contribution in [0, 0.1) is 5.82 Å². The first kappa shape index (κ1) is 25.1. The lowest BCUT2D eigenvalue weighted by Crippen LogP contribution is -2.35. The SMILES string of the molecule is CC(C)c1cc2c(c(-c3ccc(F)cc3)c1C(=O)c1ccc(C(C)(C)C)cc1)[C@H](O)CC(C)(C)O2. The smallest absolute Gasteiger partial charge is 0.193 e. The molecular formula is C31H35FO3. The first-order chi connectivity index (χ1) is 16.3. The topological polar surface area (TPSA) is 46.5 Å². The van der Waals surface area contributed by atoms with Crippen LogP contribution in [0.3, 0.4) is 0 Å². The third-order valence-electron chi connectivity index (χ3n) is 6.76. The Labute approximate surface area is 208 Å². The molecule has 4 rings (SSSR count). The summed E-state index contributed by atoms with van der Waals surface area (Å²) in [5, 5.41) is 11.3. The van der Waals surface area contributed by atoms with Gasteiger partial charge in [0.15, 0.2) is 5.78 Å². The molecule has 35 heavy (non-hydrogen) atoms. The first-order valence-electron chi connectivity index (χ1n) is 12.3. The third-order valence-corrected chi connectivity index (χ3v) is 6.76. The largest absolute Gasteiger partial charge is 0.487 e. The standard InChI is InChI=1S/C31H35FO3/c1-18(2)23-16-25-28(24(33)17-31(6,7)35-25)26(19-10-14-22(32)15-11-19)27(23)29(34)20-8-12-21(13-9-20)30(3,4)5/h8-16,18,24,33H,17H2,1-7H3/t24-/m1/s1. The van der Waals surface area contributed by atoms with Gasteiger partial charge >= 0.3 is 0 Å². The van der Waals surface area contributed by atoms with E-state index in [0.717, 1.165) is 11.1 Å². The molecule has 0 aromatic heterocycles. The van der Waals surface area contributed by atoms with Crippen molar-refractivity contribution in [3.8, 4) is 16.9 Å². The summed E-state index contributed by atoms with van der Waals surface area (Å²) >= 11 is 0. The number of fused-ring (bicyclic) bond motifs is 1. The van der Waals surface area contributed by atoms with Crippen molar-refractivity contribution in [2.75, 3.05) is 0 Å². The zero-order valence-electron chi connectivity index (χ0n) is 21.7. The Bertz CT molecular complexity index is 1250. The van der Waals surface area contributed by atoms with Crippen molar-refractivity contribution >= 4 is 5.78 Å². The van der Waals surface area contributed by atoms with Gasteiger partial charge in [-0.1, -0.05) is 71.0 Å². The fraction of sp³-hybridized carbons (Fsp3) is 0.387. The second-order valence-corrected chi connectivity index (χ2v) is 11.5. The van der Waals surface area contributed by atoms with E-state index in [2.05, 4.69) is 20.8 Å². The fourth-order valence-corrected chi connectivity index (χ4v) is 4.90. The molecule has 4 heteroatoms.